The van der Waals surface area contributed by atoms with Gasteiger partial charge in [-0.05, 0) is 50.3 Å². The highest BCUT2D eigenvalue weighted by molar-refractivity contribution is 7.89. The highest BCUT2D eigenvalue weighted by Gasteiger charge is 2.33. The normalized spacial score (nSPS) is 16.8. The monoisotopic (exact) mass is 496 g/mol. The predicted octanol–water partition coefficient (Wildman–Crippen LogP) is 3.10. The number of sulfonamides is 1. The van der Waals surface area contributed by atoms with Crippen molar-refractivity contribution in [1.82, 2.24) is 13.7 Å². The minimum atomic E-state index is -3.46. The van der Waals surface area contributed by atoms with Gasteiger partial charge in [0.05, 0.1) is 23.1 Å². The first-order chi connectivity index (χ1) is 16.8. The average Bonchev–Trinajstić information content (AvgIpc) is 3.08. The maximum Gasteiger partial charge on any atom is 0.295 e. The number of aromatic nitrogens is 2. The van der Waals surface area contributed by atoms with E-state index in [1.807, 2.05) is 60.7 Å². The Morgan fingerprint density at radius 2 is 1.71 bits per heavy atom. The summed E-state index contributed by atoms with van der Waals surface area (Å²) in [5, 5.41) is 2.80. The van der Waals surface area contributed by atoms with Crippen LogP contribution in [0.15, 0.2) is 65.5 Å². The lowest BCUT2D eigenvalue weighted by Gasteiger charge is -2.31. The van der Waals surface area contributed by atoms with Gasteiger partial charge in [-0.15, -0.1) is 0 Å². The third-order valence-electron chi connectivity index (χ3n) is 6.66. The summed E-state index contributed by atoms with van der Waals surface area (Å²) in [6, 6.07) is 19.0. The van der Waals surface area contributed by atoms with Gasteiger partial charge in [0.2, 0.25) is 15.9 Å². The molecule has 186 valence electrons. The molecule has 0 radical (unpaired) electrons. The van der Waals surface area contributed by atoms with Gasteiger partial charge in [0.15, 0.2) is 0 Å². The number of hydrogen-bond donors (Lipinski definition) is 1. The maximum absolute atomic E-state index is 13.1. The Kier molecular flexibility index (Phi) is 7.57. The molecule has 0 saturated carbocycles. The Morgan fingerprint density at radius 3 is 2.40 bits per heavy atom. The van der Waals surface area contributed by atoms with E-state index in [-0.39, 0.29) is 29.5 Å². The summed E-state index contributed by atoms with van der Waals surface area (Å²) in [6.45, 7) is 2.34. The number of carbonyl (C=O) groups excluding carboxylic acids is 1. The SMILES string of the molecule is Cc1c(NC(=O)[C@@H]2CCCN(S(=O)(=O)CCCc3ccccc3)C2)c(=O)n(-c2ccccc2)n1C. The molecule has 35 heavy (non-hydrogen) atoms. The van der Waals surface area contributed by atoms with Crippen molar-refractivity contribution in [2.45, 2.75) is 32.6 Å². The first-order valence-electron chi connectivity index (χ1n) is 11.9. The van der Waals surface area contributed by atoms with Crippen molar-refractivity contribution in [2.75, 3.05) is 24.2 Å². The van der Waals surface area contributed by atoms with E-state index in [4.69, 9.17) is 0 Å². The summed E-state index contributed by atoms with van der Waals surface area (Å²) in [5.41, 5.74) is 2.36. The average molecular weight is 497 g/mol. The van der Waals surface area contributed by atoms with E-state index in [1.54, 1.807) is 18.7 Å². The van der Waals surface area contributed by atoms with Gasteiger partial charge < -0.3 is 5.32 Å². The zero-order chi connectivity index (χ0) is 25.0. The van der Waals surface area contributed by atoms with Gasteiger partial charge >= 0.3 is 0 Å². The number of hydrogen-bond acceptors (Lipinski definition) is 4. The number of aryl methyl sites for hydroxylation is 1. The van der Waals surface area contributed by atoms with Crippen LogP contribution >= 0.6 is 0 Å². The van der Waals surface area contributed by atoms with Crippen molar-refractivity contribution < 1.29 is 13.2 Å². The third kappa shape index (κ3) is 5.57. The molecule has 4 rings (SSSR count). The number of rotatable bonds is 8. The van der Waals surface area contributed by atoms with Crippen molar-refractivity contribution in [3.63, 3.8) is 0 Å². The van der Waals surface area contributed by atoms with Crippen LogP contribution in [0.25, 0.3) is 5.69 Å². The van der Waals surface area contributed by atoms with Crippen LogP contribution < -0.4 is 10.9 Å². The molecule has 1 aliphatic rings. The Labute approximate surface area is 206 Å². The molecule has 9 heteroatoms. The van der Waals surface area contributed by atoms with Crippen LogP contribution in [-0.2, 0) is 28.3 Å². The summed E-state index contributed by atoms with van der Waals surface area (Å²) in [5.74, 6) is -0.771. The fourth-order valence-corrected chi connectivity index (χ4v) is 6.16. The molecule has 1 N–H and O–H groups in total. The molecule has 1 amide bonds. The van der Waals surface area contributed by atoms with E-state index in [0.717, 1.165) is 5.56 Å². The molecule has 1 atom stereocenters. The fourth-order valence-electron chi connectivity index (χ4n) is 4.58. The molecule has 8 nitrogen and oxygen atoms in total. The minimum absolute atomic E-state index is 0.0514. The van der Waals surface area contributed by atoms with Gasteiger partial charge in [-0.25, -0.2) is 17.4 Å². The smallest absolute Gasteiger partial charge is 0.295 e. The predicted molar refractivity (Wildman–Crippen MR) is 137 cm³/mol. The zero-order valence-electron chi connectivity index (χ0n) is 20.2. The van der Waals surface area contributed by atoms with Crippen molar-refractivity contribution in [3.05, 3.63) is 82.3 Å². The minimum Gasteiger partial charge on any atom is -0.320 e. The lowest BCUT2D eigenvalue weighted by Crippen LogP contribution is -2.44. The number of nitrogens with zero attached hydrogens (tertiary/aromatic N) is 3. The number of amides is 1. The second-order valence-electron chi connectivity index (χ2n) is 9.03. The molecule has 1 fully saturated rings. The van der Waals surface area contributed by atoms with Crippen molar-refractivity contribution in [2.24, 2.45) is 13.0 Å². The first-order valence-corrected chi connectivity index (χ1v) is 13.6. The topological polar surface area (TPSA) is 93.4 Å². The summed E-state index contributed by atoms with van der Waals surface area (Å²) in [4.78, 5) is 26.2. The Balaban J connectivity index is 1.42. The Bertz CT molecular complexity index is 1330. The second-order valence-corrected chi connectivity index (χ2v) is 11.1. The van der Waals surface area contributed by atoms with Gasteiger partial charge in [0, 0.05) is 20.1 Å². The van der Waals surface area contributed by atoms with Crippen LogP contribution in [0.5, 0.6) is 0 Å². The number of piperidine rings is 1. The fraction of sp³-hybridized carbons (Fsp3) is 0.385. The molecular weight excluding hydrogens is 464 g/mol. The number of carbonyl (C=O) groups is 1. The van der Waals surface area contributed by atoms with Crippen molar-refractivity contribution >= 4 is 21.6 Å². The van der Waals surface area contributed by atoms with Crippen LogP contribution in [0.2, 0.25) is 0 Å². The largest absolute Gasteiger partial charge is 0.320 e. The van der Waals surface area contributed by atoms with E-state index in [9.17, 15) is 18.0 Å². The number of nitrogens with one attached hydrogen (secondary N) is 1. The summed E-state index contributed by atoms with van der Waals surface area (Å²) in [7, 11) is -1.70. The molecule has 1 aliphatic heterocycles. The Morgan fingerprint density at radius 1 is 1.06 bits per heavy atom. The van der Waals surface area contributed by atoms with Gasteiger partial charge in [-0.3, -0.25) is 14.3 Å². The van der Waals surface area contributed by atoms with E-state index in [2.05, 4.69) is 5.32 Å². The molecule has 1 aromatic heterocycles. The molecule has 0 bridgehead atoms. The van der Waals surface area contributed by atoms with E-state index in [0.29, 0.717) is 43.6 Å². The summed E-state index contributed by atoms with van der Waals surface area (Å²) < 4.78 is 30.6. The summed E-state index contributed by atoms with van der Waals surface area (Å²) in [6.07, 6.45) is 2.42. The molecule has 0 unspecified atom stereocenters. The maximum atomic E-state index is 13.1. The van der Waals surface area contributed by atoms with Gasteiger partial charge in [0.1, 0.15) is 5.69 Å². The van der Waals surface area contributed by atoms with Crippen LogP contribution in [0.4, 0.5) is 5.69 Å². The van der Waals surface area contributed by atoms with Crippen molar-refractivity contribution in [3.8, 4) is 5.69 Å². The van der Waals surface area contributed by atoms with Crippen LogP contribution in [0, 0.1) is 12.8 Å². The molecule has 2 heterocycles. The van der Waals surface area contributed by atoms with E-state index in [1.165, 1.54) is 8.99 Å². The van der Waals surface area contributed by atoms with Gasteiger partial charge in [-0.2, -0.15) is 0 Å². The molecule has 0 spiro atoms. The number of para-hydroxylation sites is 1. The van der Waals surface area contributed by atoms with Gasteiger partial charge in [-0.1, -0.05) is 48.5 Å². The number of benzene rings is 2. The lowest BCUT2D eigenvalue weighted by atomic mass is 9.99. The lowest BCUT2D eigenvalue weighted by molar-refractivity contribution is -0.120. The standard InChI is InChI=1S/C26H32N4O4S/c1-20-24(26(32)30(28(20)2)23-15-7-4-8-16-23)27-25(31)22-14-9-17-29(19-22)35(33,34)18-10-13-21-11-5-3-6-12-21/h3-8,11-12,15-16,22H,9-10,13-14,17-19H2,1-2H3,(H,27,31)/t22-/m1/s1. The Hall–Kier alpha value is -3.17. The highest BCUT2D eigenvalue weighted by Crippen LogP contribution is 2.23. The highest BCUT2D eigenvalue weighted by atomic mass is 32.2. The van der Waals surface area contributed by atoms with E-state index < -0.39 is 15.9 Å². The van der Waals surface area contributed by atoms with Crippen LogP contribution in [-0.4, -0.2) is 46.8 Å². The van der Waals surface area contributed by atoms with Gasteiger partial charge in [0.25, 0.3) is 5.56 Å². The quantitative estimate of drug-likeness (QED) is 0.519. The van der Waals surface area contributed by atoms with E-state index >= 15 is 0 Å². The number of anilines is 1. The first kappa shape index (κ1) is 24.9. The molecule has 3 aromatic rings. The van der Waals surface area contributed by atoms with Crippen molar-refractivity contribution in [1.29, 1.82) is 0 Å². The van der Waals surface area contributed by atoms with Crippen LogP contribution in [0.3, 0.4) is 0 Å². The second kappa shape index (κ2) is 10.6. The zero-order valence-corrected chi connectivity index (χ0v) is 21.0. The molecule has 1 saturated heterocycles. The molecule has 0 aliphatic carbocycles. The third-order valence-corrected chi connectivity index (χ3v) is 8.58. The summed E-state index contributed by atoms with van der Waals surface area (Å²) >= 11 is 0. The van der Waals surface area contributed by atoms with Crippen LogP contribution in [0.1, 0.15) is 30.5 Å². The molecular formula is C26H32N4O4S. The molecule has 2 aromatic carbocycles.